The monoisotopic (exact) mass is 560 g/mol. The van der Waals surface area contributed by atoms with Crippen molar-refractivity contribution in [3.05, 3.63) is 131 Å². The normalized spacial score (nSPS) is 14.3. The van der Waals surface area contributed by atoms with Crippen molar-refractivity contribution in [1.29, 1.82) is 0 Å². The summed E-state index contributed by atoms with van der Waals surface area (Å²) < 4.78 is 5.91. The van der Waals surface area contributed by atoms with Crippen molar-refractivity contribution in [2.45, 2.75) is 45.1 Å². The van der Waals surface area contributed by atoms with Crippen molar-refractivity contribution in [3.63, 3.8) is 0 Å². The van der Waals surface area contributed by atoms with Gasteiger partial charge in [-0.2, -0.15) is 0 Å². The molecule has 1 saturated heterocycles. The molecule has 216 valence electrons. The third kappa shape index (κ3) is 7.47. The van der Waals surface area contributed by atoms with Crippen LogP contribution in [-0.4, -0.2) is 31.3 Å². The van der Waals surface area contributed by atoms with Crippen molar-refractivity contribution >= 4 is 17.4 Å². The van der Waals surface area contributed by atoms with Crippen LogP contribution in [0.3, 0.4) is 0 Å². The molecule has 42 heavy (non-hydrogen) atoms. The Labute approximate surface area is 249 Å². The van der Waals surface area contributed by atoms with Gasteiger partial charge >= 0.3 is 0 Å². The summed E-state index contributed by atoms with van der Waals surface area (Å²) in [5.41, 5.74) is 4.85. The SMILES string of the molecule is CCCNC(=O)C(c1ccccc1)C1CCN(c2ccc(CC(=O)c3ccccc3COc3ccccc3)cc2)CC1. The van der Waals surface area contributed by atoms with Crippen molar-refractivity contribution in [2.24, 2.45) is 5.92 Å². The summed E-state index contributed by atoms with van der Waals surface area (Å²) in [6.07, 6.45) is 3.20. The maximum absolute atomic E-state index is 13.3. The molecular formula is C37H40N2O3. The number of anilines is 1. The van der Waals surface area contributed by atoms with Gasteiger partial charge in [-0.25, -0.2) is 0 Å². The van der Waals surface area contributed by atoms with E-state index in [4.69, 9.17) is 4.74 Å². The Kier molecular flexibility index (Phi) is 10.1. The number of amides is 1. The molecule has 5 heteroatoms. The van der Waals surface area contributed by atoms with E-state index in [2.05, 4.69) is 53.5 Å². The topological polar surface area (TPSA) is 58.6 Å². The smallest absolute Gasteiger partial charge is 0.227 e. The summed E-state index contributed by atoms with van der Waals surface area (Å²) in [5.74, 6) is 1.21. The minimum absolute atomic E-state index is 0.0872. The fourth-order valence-electron chi connectivity index (χ4n) is 5.85. The third-order valence-electron chi connectivity index (χ3n) is 8.12. The maximum Gasteiger partial charge on any atom is 0.227 e. The molecule has 5 nitrogen and oxygen atoms in total. The molecule has 4 aromatic rings. The van der Waals surface area contributed by atoms with Crippen LogP contribution in [0.15, 0.2) is 109 Å². The lowest BCUT2D eigenvalue weighted by molar-refractivity contribution is -0.124. The molecule has 0 spiro atoms. The molecule has 0 bridgehead atoms. The number of hydrogen-bond donors (Lipinski definition) is 1. The number of nitrogens with zero attached hydrogens (tertiary/aromatic N) is 1. The molecular weight excluding hydrogens is 520 g/mol. The molecule has 1 amide bonds. The zero-order chi connectivity index (χ0) is 29.1. The predicted molar refractivity (Wildman–Crippen MR) is 169 cm³/mol. The van der Waals surface area contributed by atoms with E-state index in [0.29, 0.717) is 31.1 Å². The first-order chi connectivity index (χ1) is 20.6. The highest BCUT2D eigenvalue weighted by molar-refractivity contribution is 5.98. The van der Waals surface area contributed by atoms with Crippen molar-refractivity contribution < 1.29 is 14.3 Å². The number of carbonyl (C=O) groups is 2. The minimum Gasteiger partial charge on any atom is -0.489 e. The van der Waals surface area contributed by atoms with E-state index in [1.165, 1.54) is 0 Å². The first-order valence-corrected chi connectivity index (χ1v) is 15.1. The van der Waals surface area contributed by atoms with Gasteiger partial charge in [0.25, 0.3) is 0 Å². The summed E-state index contributed by atoms with van der Waals surface area (Å²) in [4.78, 5) is 28.8. The number of rotatable bonds is 12. The van der Waals surface area contributed by atoms with Gasteiger partial charge in [0.15, 0.2) is 5.78 Å². The van der Waals surface area contributed by atoms with Crippen LogP contribution in [0, 0.1) is 5.92 Å². The summed E-state index contributed by atoms with van der Waals surface area (Å²) in [5, 5.41) is 3.14. The van der Waals surface area contributed by atoms with Crippen LogP contribution in [0.25, 0.3) is 0 Å². The number of piperidine rings is 1. The number of ether oxygens (including phenoxy) is 1. The van der Waals surface area contributed by atoms with Crippen LogP contribution >= 0.6 is 0 Å². The van der Waals surface area contributed by atoms with Gasteiger partial charge in [-0.05, 0) is 60.6 Å². The summed E-state index contributed by atoms with van der Waals surface area (Å²) in [6.45, 7) is 4.96. The number of ketones is 1. The van der Waals surface area contributed by atoms with Gasteiger partial charge in [-0.15, -0.1) is 0 Å². The van der Waals surface area contributed by atoms with Gasteiger partial charge in [0.2, 0.25) is 5.91 Å². The summed E-state index contributed by atoms with van der Waals surface area (Å²) in [6, 6.07) is 35.9. The Morgan fingerprint density at radius 2 is 1.48 bits per heavy atom. The largest absolute Gasteiger partial charge is 0.489 e. The van der Waals surface area contributed by atoms with Crippen LogP contribution < -0.4 is 15.0 Å². The highest BCUT2D eigenvalue weighted by Crippen LogP contribution is 2.34. The Morgan fingerprint density at radius 3 is 2.17 bits per heavy atom. The second-order valence-electron chi connectivity index (χ2n) is 11.0. The van der Waals surface area contributed by atoms with Gasteiger partial charge in [0.1, 0.15) is 12.4 Å². The molecule has 0 saturated carbocycles. The molecule has 1 heterocycles. The van der Waals surface area contributed by atoms with E-state index in [1.807, 2.05) is 72.8 Å². The molecule has 5 rings (SSSR count). The van der Waals surface area contributed by atoms with Crippen LogP contribution in [0.2, 0.25) is 0 Å². The number of benzene rings is 4. The number of nitrogens with one attached hydrogen (secondary N) is 1. The van der Waals surface area contributed by atoms with Crippen LogP contribution in [0.5, 0.6) is 5.75 Å². The molecule has 0 radical (unpaired) electrons. The fraction of sp³-hybridized carbons (Fsp3) is 0.297. The standard InChI is InChI=1S/C37H40N2O3/c1-2-23-38-37(41)36(29-11-5-3-6-12-29)30-21-24-39(25-22-30)32-19-17-28(18-20-32)26-35(40)34-16-10-9-13-31(34)27-42-33-14-7-4-8-15-33/h3-20,30,36H,2,21-27H2,1H3,(H,38,41). The Bertz CT molecular complexity index is 1430. The third-order valence-corrected chi connectivity index (χ3v) is 8.12. The molecule has 1 aliphatic heterocycles. The van der Waals surface area contributed by atoms with E-state index in [-0.39, 0.29) is 17.6 Å². The lowest BCUT2D eigenvalue weighted by atomic mass is 9.79. The van der Waals surface area contributed by atoms with E-state index >= 15 is 0 Å². The van der Waals surface area contributed by atoms with E-state index in [9.17, 15) is 9.59 Å². The molecule has 1 unspecified atom stereocenters. The number of hydrogen-bond acceptors (Lipinski definition) is 4. The summed E-state index contributed by atoms with van der Waals surface area (Å²) >= 11 is 0. The van der Waals surface area contributed by atoms with Crippen molar-refractivity contribution in [3.8, 4) is 5.75 Å². The molecule has 0 aliphatic carbocycles. The van der Waals surface area contributed by atoms with Gasteiger partial charge in [0, 0.05) is 42.9 Å². The van der Waals surface area contributed by atoms with Gasteiger partial charge in [-0.1, -0.05) is 91.9 Å². The minimum atomic E-state index is -0.116. The van der Waals surface area contributed by atoms with Gasteiger partial charge in [-0.3, -0.25) is 9.59 Å². The fourth-order valence-corrected chi connectivity index (χ4v) is 5.85. The molecule has 1 fully saturated rings. The molecule has 4 aromatic carbocycles. The predicted octanol–water partition coefficient (Wildman–Crippen LogP) is 7.22. The van der Waals surface area contributed by atoms with Crippen molar-refractivity contribution in [1.82, 2.24) is 5.32 Å². The second-order valence-corrected chi connectivity index (χ2v) is 11.0. The van der Waals surface area contributed by atoms with E-state index in [1.54, 1.807) is 0 Å². The average Bonchev–Trinajstić information content (AvgIpc) is 3.05. The first kappa shape index (κ1) is 29.1. The number of para-hydroxylation sites is 1. The zero-order valence-corrected chi connectivity index (χ0v) is 24.4. The van der Waals surface area contributed by atoms with Crippen LogP contribution in [-0.2, 0) is 17.8 Å². The lowest BCUT2D eigenvalue weighted by Gasteiger charge is -2.37. The summed E-state index contributed by atoms with van der Waals surface area (Å²) in [7, 11) is 0. The Balaban J connectivity index is 1.18. The second kappa shape index (κ2) is 14.5. The Hall–Kier alpha value is -4.38. The number of carbonyl (C=O) groups excluding carboxylic acids is 2. The van der Waals surface area contributed by atoms with Gasteiger partial charge in [0.05, 0.1) is 5.92 Å². The highest BCUT2D eigenvalue weighted by atomic mass is 16.5. The number of Topliss-reactive ketones (excluding diaryl/α,β-unsaturated/α-hetero) is 1. The molecule has 1 N–H and O–H groups in total. The van der Waals surface area contributed by atoms with Crippen LogP contribution in [0.1, 0.15) is 59.2 Å². The van der Waals surface area contributed by atoms with E-state index < -0.39 is 0 Å². The average molecular weight is 561 g/mol. The quantitative estimate of drug-likeness (QED) is 0.186. The zero-order valence-electron chi connectivity index (χ0n) is 24.4. The van der Waals surface area contributed by atoms with E-state index in [0.717, 1.165) is 60.5 Å². The Morgan fingerprint density at radius 1 is 0.833 bits per heavy atom. The first-order valence-electron chi connectivity index (χ1n) is 15.1. The van der Waals surface area contributed by atoms with Crippen LogP contribution in [0.4, 0.5) is 5.69 Å². The van der Waals surface area contributed by atoms with Crippen molar-refractivity contribution in [2.75, 3.05) is 24.5 Å². The molecule has 0 aromatic heterocycles. The molecule has 1 aliphatic rings. The van der Waals surface area contributed by atoms with Gasteiger partial charge < -0.3 is 15.0 Å². The molecule has 1 atom stereocenters. The lowest BCUT2D eigenvalue weighted by Crippen LogP contribution is -2.40. The maximum atomic E-state index is 13.3. The highest BCUT2D eigenvalue weighted by Gasteiger charge is 2.32.